The maximum atomic E-state index is 10.00. The van der Waals surface area contributed by atoms with E-state index >= 15 is 0 Å². The molecule has 1 aliphatic carbocycles. The summed E-state index contributed by atoms with van der Waals surface area (Å²) < 4.78 is 1.06. The molecule has 0 radical (unpaired) electrons. The quantitative estimate of drug-likeness (QED) is 0.884. The van der Waals surface area contributed by atoms with Crippen LogP contribution in [0.25, 0.3) is 0 Å². The minimum atomic E-state index is -0.0376. The van der Waals surface area contributed by atoms with Crippen LogP contribution in [0.2, 0.25) is 0 Å². The lowest BCUT2D eigenvalue weighted by molar-refractivity contribution is 0.453. The second kappa shape index (κ2) is 5.59. The van der Waals surface area contributed by atoms with Gasteiger partial charge in [-0.25, -0.2) is 0 Å². The van der Waals surface area contributed by atoms with Gasteiger partial charge in [0.15, 0.2) is 0 Å². The minimum Gasteiger partial charge on any atom is -0.508 e. The lowest BCUT2D eigenvalue weighted by Gasteiger charge is -2.18. The summed E-state index contributed by atoms with van der Waals surface area (Å²) in [5.74, 6) is 1.11. The molecule has 96 valence electrons. The van der Waals surface area contributed by atoms with Gasteiger partial charge in [-0.1, -0.05) is 28.8 Å². The van der Waals surface area contributed by atoms with E-state index in [0.717, 1.165) is 33.5 Å². The average Bonchev–Trinajstić information content (AvgIpc) is 2.98. The summed E-state index contributed by atoms with van der Waals surface area (Å²) in [5.41, 5.74) is 9.21. The molecule has 2 rings (SSSR count). The van der Waals surface area contributed by atoms with Crippen molar-refractivity contribution < 1.29 is 5.11 Å². The zero-order chi connectivity index (χ0) is 11.9. The van der Waals surface area contributed by atoms with E-state index in [2.05, 4.69) is 15.9 Å². The molecule has 1 aliphatic rings. The lowest BCUT2D eigenvalue weighted by atomic mass is 9.95. The number of phenols is 1. The van der Waals surface area contributed by atoms with Crippen molar-refractivity contribution in [3.63, 3.8) is 0 Å². The summed E-state index contributed by atoms with van der Waals surface area (Å²) in [5, 5.41) is 10.00. The standard InChI is InChI=1S/C13H18BrNO.ClH/c1-7-5-11(16)12(8(2)13(7)14)10(15)6-9-3-4-9;/h5,9-10,16H,3-4,6,15H2,1-2H3;1H/t10-;/m0./s1. The van der Waals surface area contributed by atoms with E-state index in [0.29, 0.717) is 5.75 Å². The fraction of sp³-hybridized carbons (Fsp3) is 0.538. The molecule has 0 heterocycles. The molecule has 1 fully saturated rings. The van der Waals surface area contributed by atoms with Gasteiger partial charge in [0.2, 0.25) is 0 Å². The van der Waals surface area contributed by atoms with Gasteiger partial charge in [-0.3, -0.25) is 0 Å². The topological polar surface area (TPSA) is 46.2 Å². The van der Waals surface area contributed by atoms with Gasteiger partial charge in [0.05, 0.1) is 0 Å². The molecule has 2 nitrogen and oxygen atoms in total. The first kappa shape index (κ1) is 14.8. The maximum absolute atomic E-state index is 10.00. The van der Waals surface area contributed by atoms with Crippen LogP contribution in [0.15, 0.2) is 10.5 Å². The Morgan fingerprint density at radius 3 is 2.59 bits per heavy atom. The second-order valence-electron chi connectivity index (χ2n) is 4.85. The van der Waals surface area contributed by atoms with Crippen LogP contribution >= 0.6 is 28.3 Å². The number of halogens is 2. The molecule has 1 saturated carbocycles. The molecule has 0 amide bonds. The number of phenolic OH excluding ortho intramolecular Hbond substituents is 1. The highest BCUT2D eigenvalue weighted by Gasteiger charge is 2.27. The van der Waals surface area contributed by atoms with E-state index in [9.17, 15) is 5.11 Å². The van der Waals surface area contributed by atoms with Gasteiger partial charge in [0.1, 0.15) is 5.75 Å². The average molecular weight is 321 g/mol. The smallest absolute Gasteiger partial charge is 0.120 e. The second-order valence-corrected chi connectivity index (χ2v) is 5.64. The molecule has 0 spiro atoms. The van der Waals surface area contributed by atoms with Crippen molar-refractivity contribution in [2.24, 2.45) is 11.7 Å². The van der Waals surface area contributed by atoms with Crippen molar-refractivity contribution in [3.8, 4) is 5.75 Å². The number of aromatic hydroxyl groups is 1. The normalized spacial score (nSPS) is 16.5. The molecular weight excluding hydrogens is 302 g/mol. The number of benzene rings is 1. The number of rotatable bonds is 3. The number of hydrogen-bond acceptors (Lipinski definition) is 2. The Morgan fingerprint density at radius 1 is 1.47 bits per heavy atom. The molecule has 0 aromatic heterocycles. The van der Waals surface area contributed by atoms with Crippen molar-refractivity contribution in [3.05, 3.63) is 27.2 Å². The lowest BCUT2D eigenvalue weighted by Crippen LogP contribution is -2.13. The Hall–Kier alpha value is -0.250. The van der Waals surface area contributed by atoms with E-state index < -0.39 is 0 Å². The summed E-state index contributed by atoms with van der Waals surface area (Å²) >= 11 is 3.55. The van der Waals surface area contributed by atoms with Crippen LogP contribution in [0.4, 0.5) is 0 Å². The molecular formula is C13H19BrClNO. The van der Waals surface area contributed by atoms with Crippen LogP contribution in [0.3, 0.4) is 0 Å². The Morgan fingerprint density at radius 2 is 2.06 bits per heavy atom. The van der Waals surface area contributed by atoms with Crippen LogP contribution in [-0.2, 0) is 0 Å². The monoisotopic (exact) mass is 319 g/mol. The first-order valence-corrected chi connectivity index (χ1v) is 6.54. The molecule has 4 heteroatoms. The molecule has 17 heavy (non-hydrogen) atoms. The van der Waals surface area contributed by atoms with Gasteiger partial charge in [0, 0.05) is 16.1 Å². The summed E-state index contributed by atoms with van der Waals surface area (Å²) in [4.78, 5) is 0. The molecule has 0 aliphatic heterocycles. The van der Waals surface area contributed by atoms with Gasteiger partial charge in [0.25, 0.3) is 0 Å². The van der Waals surface area contributed by atoms with Crippen LogP contribution < -0.4 is 5.73 Å². The minimum absolute atomic E-state index is 0. The molecule has 0 bridgehead atoms. The van der Waals surface area contributed by atoms with E-state index in [1.165, 1.54) is 12.8 Å². The van der Waals surface area contributed by atoms with Gasteiger partial charge in [-0.05, 0) is 43.4 Å². The third-order valence-corrected chi connectivity index (χ3v) is 4.58. The first-order valence-electron chi connectivity index (χ1n) is 5.74. The molecule has 1 aromatic carbocycles. The molecule has 0 unspecified atom stereocenters. The van der Waals surface area contributed by atoms with Crippen LogP contribution in [0.1, 0.15) is 42.0 Å². The summed E-state index contributed by atoms with van der Waals surface area (Å²) in [6.07, 6.45) is 3.57. The predicted octanol–water partition coefficient (Wildman–Crippen LogP) is 3.99. The summed E-state index contributed by atoms with van der Waals surface area (Å²) in [6.45, 7) is 3.99. The molecule has 3 N–H and O–H groups in total. The zero-order valence-electron chi connectivity index (χ0n) is 10.2. The number of aryl methyl sites for hydroxylation is 1. The van der Waals surface area contributed by atoms with E-state index in [4.69, 9.17) is 5.73 Å². The number of hydrogen-bond donors (Lipinski definition) is 2. The largest absolute Gasteiger partial charge is 0.508 e. The van der Waals surface area contributed by atoms with E-state index in [1.54, 1.807) is 6.07 Å². The first-order chi connectivity index (χ1) is 7.50. The Kier molecular flexibility index (Phi) is 4.87. The van der Waals surface area contributed by atoms with E-state index in [1.807, 2.05) is 13.8 Å². The number of nitrogens with two attached hydrogens (primary N) is 1. The maximum Gasteiger partial charge on any atom is 0.120 e. The van der Waals surface area contributed by atoms with E-state index in [-0.39, 0.29) is 18.4 Å². The Bertz CT molecular complexity index is 418. The third-order valence-electron chi connectivity index (χ3n) is 3.36. The highest BCUT2D eigenvalue weighted by atomic mass is 79.9. The van der Waals surface area contributed by atoms with Crippen LogP contribution in [-0.4, -0.2) is 5.11 Å². The van der Waals surface area contributed by atoms with Crippen molar-refractivity contribution in [2.75, 3.05) is 0 Å². The third kappa shape index (κ3) is 3.15. The summed E-state index contributed by atoms with van der Waals surface area (Å²) in [6, 6.07) is 1.75. The van der Waals surface area contributed by atoms with Crippen molar-refractivity contribution in [1.29, 1.82) is 0 Å². The molecule has 0 saturated heterocycles. The van der Waals surface area contributed by atoms with Crippen molar-refractivity contribution in [2.45, 2.75) is 39.2 Å². The predicted molar refractivity (Wildman–Crippen MR) is 76.8 cm³/mol. The molecule has 1 aromatic rings. The Labute approximate surface area is 117 Å². The van der Waals surface area contributed by atoms with Gasteiger partial charge in [-0.2, -0.15) is 0 Å². The van der Waals surface area contributed by atoms with Crippen molar-refractivity contribution >= 4 is 28.3 Å². The van der Waals surface area contributed by atoms with Crippen LogP contribution in [0.5, 0.6) is 5.75 Å². The fourth-order valence-corrected chi connectivity index (χ4v) is 2.58. The van der Waals surface area contributed by atoms with Crippen molar-refractivity contribution in [1.82, 2.24) is 0 Å². The van der Waals surface area contributed by atoms with Gasteiger partial charge in [-0.15, -0.1) is 12.4 Å². The highest BCUT2D eigenvalue weighted by molar-refractivity contribution is 9.10. The Balaban J connectivity index is 0.00000144. The van der Waals surface area contributed by atoms with Crippen LogP contribution in [0, 0.1) is 19.8 Å². The SMILES string of the molecule is Cc1cc(O)c([C@@H](N)CC2CC2)c(C)c1Br.Cl. The summed E-state index contributed by atoms with van der Waals surface area (Å²) in [7, 11) is 0. The van der Waals surface area contributed by atoms with Gasteiger partial charge >= 0.3 is 0 Å². The fourth-order valence-electron chi connectivity index (χ4n) is 2.25. The zero-order valence-corrected chi connectivity index (χ0v) is 12.6. The van der Waals surface area contributed by atoms with Gasteiger partial charge < -0.3 is 10.8 Å². The molecule has 1 atom stereocenters. The highest BCUT2D eigenvalue weighted by Crippen LogP contribution is 2.41.